The number of carbonyl (C=O) groups excluding carboxylic acids is 2. The maximum absolute atomic E-state index is 12.2. The van der Waals surface area contributed by atoms with Gasteiger partial charge in [0, 0.05) is 34.7 Å². The smallest absolute Gasteiger partial charge is 0.414 e. The number of benzene rings is 1. The number of aromatic nitrogens is 3. The van der Waals surface area contributed by atoms with Gasteiger partial charge >= 0.3 is 12.2 Å². The fourth-order valence-electron chi connectivity index (χ4n) is 3.58. The van der Waals surface area contributed by atoms with Crippen LogP contribution in [0.3, 0.4) is 0 Å². The van der Waals surface area contributed by atoms with Crippen molar-refractivity contribution in [3.8, 4) is 0 Å². The van der Waals surface area contributed by atoms with Crippen molar-refractivity contribution < 1.29 is 23.6 Å². The molecule has 12 nitrogen and oxygen atoms in total. The number of nitrogens with zero attached hydrogens (tertiary/aromatic N) is 3. The molecule has 4 N–H and O–H groups in total. The second kappa shape index (κ2) is 13.6. The van der Waals surface area contributed by atoms with Gasteiger partial charge in [-0.05, 0) is 83.7 Å². The van der Waals surface area contributed by atoms with Gasteiger partial charge in [0.1, 0.15) is 11.2 Å². The van der Waals surface area contributed by atoms with Crippen LogP contribution in [-0.4, -0.2) is 57.6 Å². The molecule has 2 amide bonds. The van der Waals surface area contributed by atoms with Gasteiger partial charge in [-0.3, -0.25) is 15.6 Å². The highest BCUT2D eigenvalue weighted by atomic mass is 79.9. The van der Waals surface area contributed by atoms with Crippen LogP contribution in [0.15, 0.2) is 38.4 Å². The Morgan fingerprint density at radius 1 is 1.02 bits per heavy atom. The molecule has 0 radical (unpaired) electrons. The molecule has 0 atom stereocenters. The number of rotatable bonds is 9. The zero-order chi connectivity index (χ0) is 29.3. The molecule has 1 aromatic carbocycles. The van der Waals surface area contributed by atoms with E-state index < -0.39 is 23.4 Å². The fourth-order valence-corrected chi connectivity index (χ4v) is 3.94. The summed E-state index contributed by atoms with van der Waals surface area (Å²) in [5.74, 6) is 0.952. The van der Waals surface area contributed by atoms with E-state index in [0.717, 1.165) is 40.2 Å². The van der Waals surface area contributed by atoms with Gasteiger partial charge in [0.2, 0.25) is 11.9 Å². The molecular formula is C27H38BrN7O5. The van der Waals surface area contributed by atoms with E-state index in [0.29, 0.717) is 31.3 Å². The molecule has 0 aliphatic rings. The minimum atomic E-state index is -0.719. The minimum Gasteiger partial charge on any atom is -0.444 e. The van der Waals surface area contributed by atoms with Crippen molar-refractivity contribution in [2.75, 3.05) is 18.4 Å². The number of carbonyl (C=O) groups is 2. The molecule has 13 heteroatoms. The van der Waals surface area contributed by atoms with E-state index in [1.165, 1.54) is 0 Å². The first-order valence-corrected chi connectivity index (χ1v) is 13.9. The Bertz CT molecular complexity index is 1290. The standard InChI is InChI=1S/C27H38BrN7O5/c1-26(2,3)38-24(36)33-22(34-25(37)39-27(4,5)6)29-12-8-7-9-13-30-23-32-21(40-35-23)14-17-16-31-20-15-18(28)10-11-19(17)20/h10-11,15-16,31H,7-9,12-14H2,1-6H3,(H,30,35)(H2,29,33,34,36,37). The molecule has 0 saturated heterocycles. The number of anilines is 1. The van der Waals surface area contributed by atoms with E-state index in [1.807, 2.05) is 18.3 Å². The van der Waals surface area contributed by atoms with Crippen molar-refractivity contribution in [2.24, 2.45) is 4.99 Å². The van der Waals surface area contributed by atoms with Crippen LogP contribution >= 0.6 is 15.9 Å². The summed E-state index contributed by atoms with van der Waals surface area (Å²) in [6.45, 7) is 11.5. The Morgan fingerprint density at radius 3 is 2.35 bits per heavy atom. The molecule has 0 aliphatic heterocycles. The monoisotopic (exact) mass is 619 g/mol. The van der Waals surface area contributed by atoms with Crippen LogP contribution in [0.1, 0.15) is 72.3 Å². The highest BCUT2D eigenvalue weighted by Crippen LogP contribution is 2.24. The summed E-state index contributed by atoms with van der Waals surface area (Å²) in [4.78, 5) is 36.3. The third-order valence-corrected chi connectivity index (χ3v) is 5.66. The molecule has 2 heterocycles. The van der Waals surface area contributed by atoms with Gasteiger partial charge in [0.25, 0.3) is 5.95 Å². The van der Waals surface area contributed by atoms with E-state index in [1.54, 1.807) is 41.5 Å². The van der Waals surface area contributed by atoms with E-state index in [-0.39, 0.29) is 5.96 Å². The van der Waals surface area contributed by atoms with Crippen LogP contribution in [0, 0.1) is 0 Å². The van der Waals surface area contributed by atoms with Crippen molar-refractivity contribution in [1.82, 2.24) is 25.8 Å². The number of halogens is 1. The molecule has 3 rings (SSSR count). The maximum atomic E-state index is 12.2. The zero-order valence-corrected chi connectivity index (χ0v) is 25.4. The van der Waals surface area contributed by atoms with Crippen LogP contribution in [0.5, 0.6) is 0 Å². The highest BCUT2D eigenvalue weighted by molar-refractivity contribution is 9.10. The van der Waals surface area contributed by atoms with Crippen LogP contribution in [0.25, 0.3) is 10.9 Å². The molecule has 40 heavy (non-hydrogen) atoms. The lowest BCUT2D eigenvalue weighted by atomic mass is 10.1. The summed E-state index contributed by atoms with van der Waals surface area (Å²) in [6.07, 6.45) is 3.46. The number of amides is 2. The Hall–Kier alpha value is -3.61. The van der Waals surface area contributed by atoms with Crippen molar-refractivity contribution in [1.29, 1.82) is 0 Å². The van der Waals surface area contributed by atoms with E-state index in [2.05, 4.69) is 58.1 Å². The first-order chi connectivity index (χ1) is 18.8. The summed E-state index contributed by atoms with van der Waals surface area (Å²) in [5, 5.41) is 13.3. The topological polar surface area (TPSA) is 156 Å². The molecule has 3 aromatic rings. The lowest BCUT2D eigenvalue weighted by molar-refractivity contribution is 0.0545. The van der Waals surface area contributed by atoms with Crippen molar-refractivity contribution >= 4 is 50.9 Å². The number of H-pyrrole nitrogens is 1. The third-order valence-electron chi connectivity index (χ3n) is 5.17. The van der Waals surface area contributed by atoms with Gasteiger partial charge in [0.05, 0.1) is 6.42 Å². The number of aromatic amines is 1. The second-order valence-corrected chi connectivity index (χ2v) is 12.1. The predicted octanol–water partition coefficient (Wildman–Crippen LogP) is 5.89. The summed E-state index contributed by atoms with van der Waals surface area (Å²) >= 11 is 3.48. The number of aliphatic imine (C=N–C) groups is 1. The normalized spacial score (nSPS) is 11.7. The number of hydrogen-bond donors (Lipinski definition) is 4. The number of unbranched alkanes of at least 4 members (excludes halogenated alkanes) is 2. The summed E-state index contributed by atoms with van der Waals surface area (Å²) in [6, 6.07) is 6.08. The quantitative estimate of drug-likeness (QED) is 0.131. The average Bonchev–Trinajstić information content (AvgIpc) is 3.42. The number of nitrogens with one attached hydrogen (secondary N) is 4. The SMILES string of the molecule is CC(C)(C)OC(=O)NC(=NCCCCCNc1noc(Cc2c[nH]c3cc(Br)ccc23)n1)NC(=O)OC(C)(C)C. The van der Waals surface area contributed by atoms with E-state index in [9.17, 15) is 9.59 Å². The van der Waals surface area contributed by atoms with Gasteiger partial charge in [0.15, 0.2) is 0 Å². The average molecular weight is 621 g/mol. The van der Waals surface area contributed by atoms with Crippen molar-refractivity contribution in [3.63, 3.8) is 0 Å². The maximum Gasteiger partial charge on any atom is 0.414 e. The molecular weight excluding hydrogens is 582 g/mol. The molecule has 2 aromatic heterocycles. The summed E-state index contributed by atoms with van der Waals surface area (Å²) in [5.41, 5.74) is 0.739. The van der Waals surface area contributed by atoms with Crippen LogP contribution in [-0.2, 0) is 15.9 Å². The van der Waals surface area contributed by atoms with Crippen molar-refractivity contribution in [2.45, 2.75) is 78.4 Å². The second-order valence-electron chi connectivity index (χ2n) is 11.2. The molecule has 0 bridgehead atoms. The van der Waals surface area contributed by atoms with E-state index in [4.69, 9.17) is 14.0 Å². The highest BCUT2D eigenvalue weighted by Gasteiger charge is 2.21. The van der Waals surface area contributed by atoms with Crippen LogP contribution in [0.2, 0.25) is 0 Å². The van der Waals surface area contributed by atoms with Gasteiger partial charge in [-0.2, -0.15) is 4.98 Å². The number of fused-ring (bicyclic) bond motifs is 1. The number of ether oxygens (including phenoxy) is 2. The van der Waals surface area contributed by atoms with E-state index >= 15 is 0 Å². The fraction of sp³-hybridized carbons (Fsp3) is 0.519. The molecule has 0 fully saturated rings. The Kier molecular flexibility index (Phi) is 10.5. The van der Waals surface area contributed by atoms with Gasteiger partial charge < -0.3 is 24.3 Å². The first kappa shape index (κ1) is 30.9. The molecule has 0 spiro atoms. The largest absolute Gasteiger partial charge is 0.444 e. The molecule has 0 unspecified atom stereocenters. The number of guanidine groups is 1. The predicted molar refractivity (Wildman–Crippen MR) is 156 cm³/mol. The van der Waals surface area contributed by atoms with Gasteiger partial charge in [-0.15, -0.1) is 0 Å². The zero-order valence-electron chi connectivity index (χ0n) is 23.8. The minimum absolute atomic E-state index is 0.0243. The van der Waals surface area contributed by atoms with Crippen LogP contribution in [0.4, 0.5) is 15.5 Å². The lowest BCUT2D eigenvalue weighted by Crippen LogP contribution is -2.47. The number of hydrogen-bond acceptors (Lipinski definition) is 9. The molecule has 0 aliphatic carbocycles. The molecule has 0 saturated carbocycles. The first-order valence-electron chi connectivity index (χ1n) is 13.1. The van der Waals surface area contributed by atoms with Crippen LogP contribution < -0.4 is 16.0 Å². The Labute approximate surface area is 242 Å². The summed E-state index contributed by atoms with van der Waals surface area (Å²) < 4.78 is 16.9. The lowest BCUT2D eigenvalue weighted by Gasteiger charge is -2.22. The Balaban J connectivity index is 1.42. The molecule has 218 valence electrons. The Morgan fingerprint density at radius 2 is 1.70 bits per heavy atom. The van der Waals surface area contributed by atoms with Crippen molar-refractivity contribution in [3.05, 3.63) is 40.3 Å². The van der Waals surface area contributed by atoms with Gasteiger partial charge in [-0.25, -0.2) is 9.59 Å². The van der Waals surface area contributed by atoms with Gasteiger partial charge in [-0.1, -0.05) is 22.0 Å². The summed E-state index contributed by atoms with van der Waals surface area (Å²) in [7, 11) is 0. The third kappa shape index (κ3) is 10.9. The number of alkyl carbamates (subject to hydrolysis) is 2.